The summed E-state index contributed by atoms with van der Waals surface area (Å²) < 4.78 is 12.1. The highest BCUT2D eigenvalue weighted by atomic mass is 16.7. The molecule has 0 radical (unpaired) electrons. The van der Waals surface area contributed by atoms with E-state index < -0.39 is 6.29 Å². The van der Waals surface area contributed by atoms with Crippen molar-refractivity contribution in [1.29, 1.82) is 0 Å². The second kappa shape index (κ2) is 10.1. The van der Waals surface area contributed by atoms with Gasteiger partial charge in [-0.2, -0.15) is 0 Å². The quantitative estimate of drug-likeness (QED) is 0.734. The molecule has 3 atom stereocenters. The molecule has 2 heterocycles. The molecule has 0 unspecified atom stereocenters. The highest BCUT2D eigenvalue weighted by Gasteiger charge is 2.39. The van der Waals surface area contributed by atoms with Crippen LogP contribution in [-0.2, 0) is 27.2 Å². The fraction of sp³-hybridized carbons (Fsp3) is 0.423. The minimum absolute atomic E-state index is 0.00548. The van der Waals surface area contributed by atoms with Crippen molar-refractivity contribution in [3.05, 3.63) is 83.1 Å². The van der Waals surface area contributed by atoms with Crippen molar-refractivity contribution >= 4 is 5.91 Å². The Bertz CT molecular complexity index is 911. The Kier molecular flexibility index (Phi) is 7.05. The number of aliphatic hydroxyl groups excluding tert-OH is 1. The molecule has 2 aromatic rings. The molecule has 0 saturated carbocycles. The van der Waals surface area contributed by atoms with Gasteiger partial charge in [-0.3, -0.25) is 4.79 Å². The van der Waals surface area contributed by atoms with Crippen LogP contribution < -0.4 is 0 Å². The molecule has 2 aliphatic rings. The minimum Gasteiger partial charge on any atom is -0.459 e. The monoisotopic (exact) mass is 421 g/mol. The SMILES string of the molecule is CCO[C@H]1OC(C(=O)N2CCc3ccccc3C2)=C[C@@H](c2ccccc2)[C@H]1CCCO. The molecule has 2 aromatic carbocycles. The molecule has 1 N–H and O–H groups in total. The molecule has 0 bridgehead atoms. The van der Waals surface area contributed by atoms with Crippen LogP contribution in [-0.4, -0.2) is 42.0 Å². The van der Waals surface area contributed by atoms with Crippen molar-refractivity contribution in [2.75, 3.05) is 19.8 Å². The summed E-state index contributed by atoms with van der Waals surface area (Å²) in [5.41, 5.74) is 3.64. The zero-order valence-corrected chi connectivity index (χ0v) is 18.1. The summed E-state index contributed by atoms with van der Waals surface area (Å²) in [5.74, 6) is 0.315. The summed E-state index contributed by atoms with van der Waals surface area (Å²) in [7, 11) is 0. The fourth-order valence-electron chi connectivity index (χ4n) is 4.64. The van der Waals surface area contributed by atoms with E-state index in [-0.39, 0.29) is 24.3 Å². The van der Waals surface area contributed by atoms with Crippen molar-refractivity contribution in [3.63, 3.8) is 0 Å². The number of aliphatic hydroxyl groups is 1. The van der Waals surface area contributed by atoms with E-state index in [9.17, 15) is 9.90 Å². The van der Waals surface area contributed by atoms with Crippen molar-refractivity contribution in [1.82, 2.24) is 4.90 Å². The lowest BCUT2D eigenvalue weighted by atomic mass is 9.80. The largest absolute Gasteiger partial charge is 0.459 e. The maximum atomic E-state index is 13.4. The maximum Gasteiger partial charge on any atom is 0.289 e. The molecule has 0 aliphatic carbocycles. The number of nitrogens with zero attached hydrogens (tertiary/aromatic N) is 1. The zero-order chi connectivity index (χ0) is 21.6. The fourth-order valence-corrected chi connectivity index (χ4v) is 4.64. The van der Waals surface area contributed by atoms with Gasteiger partial charge in [0.2, 0.25) is 6.29 Å². The Morgan fingerprint density at radius 2 is 1.87 bits per heavy atom. The van der Waals surface area contributed by atoms with E-state index in [4.69, 9.17) is 9.47 Å². The van der Waals surface area contributed by atoms with Gasteiger partial charge in [-0.15, -0.1) is 0 Å². The summed E-state index contributed by atoms with van der Waals surface area (Å²) in [6.45, 7) is 3.84. The molecule has 0 spiro atoms. The van der Waals surface area contributed by atoms with Crippen LogP contribution >= 0.6 is 0 Å². The molecule has 5 heteroatoms. The Labute approximate surface area is 184 Å². The standard InChI is InChI=1S/C26H31NO4/c1-2-30-26-22(13-8-16-28)23(20-10-4-3-5-11-20)17-24(31-26)25(29)27-15-14-19-9-6-7-12-21(19)18-27/h3-7,9-12,17,22-23,26,28H,2,8,13-16,18H2,1H3/t22-,23+,26+/m1/s1. The van der Waals surface area contributed by atoms with Crippen molar-refractivity contribution in [2.45, 2.75) is 44.9 Å². The van der Waals surface area contributed by atoms with Crippen molar-refractivity contribution in [2.24, 2.45) is 5.92 Å². The number of fused-ring (bicyclic) bond motifs is 1. The van der Waals surface area contributed by atoms with Gasteiger partial charge < -0.3 is 19.5 Å². The molecular weight excluding hydrogens is 390 g/mol. The highest BCUT2D eigenvalue weighted by molar-refractivity contribution is 5.92. The number of ether oxygens (including phenoxy) is 2. The van der Waals surface area contributed by atoms with Crippen molar-refractivity contribution < 1.29 is 19.4 Å². The topological polar surface area (TPSA) is 59.0 Å². The summed E-state index contributed by atoms with van der Waals surface area (Å²) in [6.07, 6.45) is 3.74. The number of benzene rings is 2. The third-order valence-corrected chi connectivity index (χ3v) is 6.22. The summed E-state index contributed by atoms with van der Waals surface area (Å²) >= 11 is 0. The summed E-state index contributed by atoms with van der Waals surface area (Å²) in [6, 6.07) is 18.5. The van der Waals surface area contributed by atoms with Gasteiger partial charge in [0.15, 0.2) is 5.76 Å². The van der Waals surface area contributed by atoms with Gasteiger partial charge in [-0.1, -0.05) is 54.6 Å². The van der Waals surface area contributed by atoms with Crippen LogP contribution in [0.15, 0.2) is 66.4 Å². The minimum atomic E-state index is -0.511. The first kappa shape index (κ1) is 21.6. The molecule has 4 rings (SSSR count). The number of rotatable bonds is 7. The van der Waals surface area contributed by atoms with E-state index >= 15 is 0 Å². The number of allylic oxidation sites excluding steroid dienone is 1. The predicted octanol–water partition coefficient (Wildman–Crippen LogP) is 4.02. The van der Waals surface area contributed by atoms with E-state index in [2.05, 4.69) is 24.3 Å². The van der Waals surface area contributed by atoms with Crippen LogP contribution in [0.1, 0.15) is 42.4 Å². The summed E-state index contributed by atoms with van der Waals surface area (Å²) in [4.78, 5) is 15.3. The number of hydrogen-bond acceptors (Lipinski definition) is 4. The van der Waals surface area contributed by atoms with Gasteiger partial charge in [0, 0.05) is 38.1 Å². The van der Waals surface area contributed by atoms with Crippen LogP contribution in [0.25, 0.3) is 0 Å². The van der Waals surface area contributed by atoms with E-state index in [1.54, 1.807) is 0 Å². The molecule has 2 aliphatic heterocycles. The lowest BCUT2D eigenvalue weighted by molar-refractivity contribution is -0.170. The van der Waals surface area contributed by atoms with Gasteiger partial charge in [0.05, 0.1) is 0 Å². The first-order valence-electron chi connectivity index (χ1n) is 11.2. The summed E-state index contributed by atoms with van der Waals surface area (Å²) in [5, 5.41) is 9.40. The van der Waals surface area contributed by atoms with Crippen LogP contribution in [0.4, 0.5) is 0 Å². The van der Waals surface area contributed by atoms with Gasteiger partial charge >= 0.3 is 0 Å². The van der Waals surface area contributed by atoms with Gasteiger partial charge in [0.25, 0.3) is 5.91 Å². The second-order valence-electron chi connectivity index (χ2n) is 8.18. The highest BCUT2D eigenvalue weighted by Crippen LogP contribution is 2.40. The van der Waals surface area contributed by atoms with Crippen LogP contribution in [0.2, 0.25) is 0 Å². The molecule has 0 saturated heterocycles. The third-order valence-electron chi connectivity index (χ3n) is 6.22. The molecule has 5 nitrogen and oxygen atoms in total. The predicted molar refractivity (Wildman–Crippen MR) is 119 cm³/mol. The van der Waals surface area contributed by atoms with E-state index in [1.165, 1.54) is 11.1 Å². The molecule has 31 heavy (non-hydrogen) atoms. The van der Waals surface area contributed by atoms with E-state index in [0.717, 1.165) is 18.4 Å². The Hall–Kier alpha value is -2.63. The normalized spacial score (nSPS) is 23.0. The van der Waals surface area contributed by atoms with Crippen LogP contribution in [0, 0.1) is 5.92 Å². The number of amides is 1. The molecule has 0 fully saturated rings. The molecule has 1 amide bonds. The average Bonchev–Trinajstić information content (AvgIpc) is 2.82. The number of carbonyl (C=O) groups is 1. The maximum absolute atomic E-state index is 13.4. The first-order chi connectivity index (χ1) is 15.2. The second-order valence-corrected chi connectivity index (χ2v) is 8.18. The molecular formula is C26H31NO4. The average molecular weight is 422 g/mol. The van der Waals surface area contributed by atoms with Gasteiger partial charge in [-0.25, -0.2) is 0 Å². The number of hydrogen-bond donors (Lipinski definition) is 1. The molecule has 0 aromatic heterocycles. The van der Waals surface area contributed by atoms with Gasteiger partial charge in [0.1, 0.15) is 0 Å². The van der Waals surface area contributed by atoms with Crippen molar-refractivity contribution in [3.8, 4) is 0 Å². The van der Waals surface area contributed by atoms with Crippen LogP contribution in [0.5, 0.6) is 0 Å². The van der Waals surface area contributed by atoms with E-state index in [0.29, 0.717) is 31.9 Å². The van der Waals surface area contributed by atoms with Gasteiger partial charge in [-0.05, 0) is 49.0 Å². The Morgan fingerprint density at radius 1 is 1.13 bits per heavy atom. The first-order valence-corrected chi connectivity index (χ1v) is 11.2. The zero-order valence-electron chi connectivity index (χ0n) is 18.1. The third kappa shape index (κ3) is 4.83. The van der Waals surface area contributed by atoms with Crippen LogP contribution in [0.3, 0.4) is 0 Å². The Balaban J connectivity index is 1.63. The Morgan fingerprint density at radius 3 is 2.61 bits per heavy atom. The lowest BCUT2D eigenvalue weighted by Gasteiger charge is -2.38. The smallest absolute Gasteiger partial charge is 0.289 e. The van der Waals surface area contributed by atoms with E-state index in [1.807, 2.05) is 48.2 Å². The molecule has 164 valence electrons. The number of carbonyl (C=O) groups excluding carboxylic acids is 1. The lowest BCUT2D eigenvalue weighted by Crippen LogP contribution is -2.42.